The van der Waals surface area contributed by atoms with Crippen LogP contribution in [0.4, 0.5) is 0 Å². The number of aliphatic hydroxyl groups is 1. The highest BCUT2D eigenvalue weighted by atomic mass is 32.1. The molecule has 98 valence electrons. The predicted octanol–water partition coefficient (Wildman–Crippen LogP) is 3.18. The van der Waals surface area contributed by atoms with Gasteiger partial charge in [-0.1, -0.05) is 26.0 Å². The van der Waals surface area contributed by atoms with Crippen molar-refractivity contribution in [1.29, 1.82) is 0 Å². The smallest absolute Gasteiger partial charge is 0.201 e. The molecule has 1 N–H and O–H groups in total. The first-order chi connectivity index (χ1) is 9.12. The number of carbonyl (C=O) groups is 1. The van der Waals surface area contributed by atoms with Gasteiger partial charge < -0.3 is 5.11 Å². The summed E-state index contributed by atoms with van der Waals surface area (Å²) >= 11 is 1.40. The van der Waals surface area contributed by atoms with Gasteiger partial charge in [0.05, 0.1) is 10.2 Å². The molecule has 0 bridgehead atoms. The highest BCUT2D eigenvalue weighted by Crippen LogP contribution is 2.47. The third-order valence-corrected chi connectivity index (χ3v) is 4.86. The minimum absolute atomic E-state index is 0.175. The molecule has 19 heavy (non-hydrogen) atoms. The molecular weight excluding hydrogens is 258 g/mol. The maximum Gasteiger partial charge on any atom is 0.201 e. The molecule has 3 rings (SSSR count). The van der Waals surface area contributed by atoms with Gasteiger partial charge in [0.25, 0.3) is 0 Å². The molecule has 3 nitrogen and oxygen atoms in total. The van der Waals surface area contributed by atoms with Gasteiger partial charge in [0.1, 0.15) is 5.01 Å². The summed E-state index contributed by atoms with van der Waals surface area (Å²) in [5.41, 5.74) is 0.969. The second-order valence-corrected chi connectivity index (χ2v) is 5.72. The number of Topliss-reactive ketones (excluding diaryl/α,β-unsaturated/α-hetero) is 1. The Morgan fingerprint density at radius 2 is 2.00 bits per heavy atom. The molecule has 0 amide bonds. The topological polar surface area (TPSA) is 50.2 Å². The minimum atomic E-state index is -1.47. The summed E-state index contributed by atoms with van der Waals surface area (Å²) in [6.07, 6.45) is 1.36. The molecule has 1 aromatic carbocycles. The fourth-order valence-electron chi connectivity index (χ4n) is 2.74. The van der Waals surface area contributed by atoms with Gasteiger partial charge >= 0.3 is 0 Å². The Labute approximate surface area is 115 Å². The molecule has 1 aliphatic carbocycles. The first kappa shape index (κ1) is 12.5. The zero-order valence-electron chi connectivity index (χ0n) is 10.9. The van der Waals surface area contributed by atoms with E-state index >= 15 is 0 Å². The van der Waals surface area contributed by atoms with Gasteiger partial charge in [0.15, 0.2) is 0 Å². The number of rotatable bonds is 3. The molecular formula is C15H15NO2S. The number of carbonyl (C=O) groups excluding carboxylic acids is 1. The molecule has 2 aromatic rings. The van der Waals surface area contributed by atoms with Crippen molar-refractivity contribution in [2.45, 2.75) is 32.3 Å². The molecule has 1 atom stereocenters. The zero-order chi connectivity index (χ0) is 13.6. The molecule has 0 radical (unpaired) electrons. The Hall–Kier alpha value is -1.52. The standard InChI is InChI=1S/C15H15NO2S/c1-3-9-10(4-2)15(18,13(9)17)14-16-11-7-5-6-8-12(11)19-14/h5-8,18H,3-4H2,1-2H3. The lowest BCUT2D eigenvalue weighted by atomic mass is 9.70. The third-order valence-electron chi connectivity index (χ3n) is 3.71. The number of hydrogen-bond acceptors (Lipinski definition) is 4. The minimum Gasteiger partial charge on any atom is -0.371 e. The summed E-state index contributed by atoms with van der Waals surface area (Å²) in [5, 5.41) is 11.3. The van der Waals surface area contributed by atoms with Gasteiger partial charge in [-0.2, -0.15) is 0 Å². The van der Waals surface area contributed by atoms with E-state index in [1.807, 2.05) is 38.1 Å². The lowest BCUT2D eigenvalue weighted by molar-refractivity contribution is -0.135. The van der Waals surface area contributed by atoms with Crippen molar-refractivity contribution in [2.24, 2.45) is 0 Å². The number of benzene rings is 1. The fraction of sp³-hybridized carbons (Fsp3) is 0.333. The average Bonchev–Trinajstić information content (AvgIpc) is 2.86. The summed E-state index contributed by atoms with van der Waals surface area (Å²) in [5.74, 6) is -0.175. The van der Waals surface area contributed by atoms with E-state index in [0.29, 0.717) is 17.8 Å². The number of fused-ring (bicyclic) bond motifs is 1. The number of aromatic nitrogens is 1. The van der Waals surface area contributed by atoms with Crippen LogP contribution in [0.1, 0.15) is 31.7 Å². The van der Waals surface area contributed by atoms with Gasteiger partial charge in [-0.25, -0.2) is 4.98 Å². The Morgan fingerprint density at radius 1 is 1.26 bits per heavy atom. The van der Waals surface area contributed by atoms with Crippen LogP contribution in [-0.4, -0.2) is 15.9 Å². The molecule has 0 spiro atoms. The summed E-state index contributed by atoms with van der Waals surface area (Å²) in [7, 11) is 0. The number of ketones is 1. The van der Waals surface area contributed by atoms with Crippen LogP contribution in [0.5, 0.6) is 0 Å². The number of nitrogens with zero attached hydrogens (tertiary/aromatic N) is 1. The summed E-state index contributed by atoms with van der Waals surface area (Å²) < 4.78 is 0.999. The Kier molecular flexibility index (Phi) is 2.80. The fourth-order valence-corrected chi connectivity index (χ4v) is 3.83. The van der Waals surface area contributed by atoms with Crippen molar-refractivity contribution in [3.05, 3.63) is 40.4 Å². The van der Waals surface area contributed by atoms with Crippen LogP contribution >= 0.6 is 11.3 Å². The molecule has 4 heteroatoms. The van der Waals surface area contributed by atoms with Gasteiger partial charge in [-0.05, 0) is 30.5 Å². The first-order valence-electron chi connectivity index (χ1n) is 6.48. The van der Waals surface area contributed by atoms with E-state index in [1.54, 1.807) is 0 Å². The van der Waals surface area contributed by atoms with Crippen LogP contribution in [-0.2, 0) is 10.4 Å². The third kappa shape index (κ3) is 1.53. The normalized spacial score (nSPS) is 23.0. The van der Waals surface area contributed by atoms with Gasteiger partial charge in [0.2, 0.25) is 11.4 Å². The van der Waals surface area contributed by atoms with Crippen molar-refractivity contribution in [1.82, 2.24) is 4.98 Å². The molecule has 1 aliphatic rings. The molecule has 0 aliphatic heterocycles. The van der Waals surface area contributed by atoms with Crippen LogP contribution in [0.15, 0.2) is 35.4 Å². The molecule has 1 aromatic heterocycles. The van der Waals surface area contributed by atoms with Crippen LogP contribution in [0.25, 0.3) is 10.2 Å². The molecule has 0 fully saturated rings. The average molecular weight is 273 g/mol. The first-order valence-corrected chi connectivity index (χ1v) is 7.30. The summed E-state index contributed by atoms with van der Waals surface area (Å²) in [6, 6.07) is 7.70. The zero-order valence-corrected chi connectivity index (χ0v) is 11.8. The molecule has 1 unspecified atom stereocenters. The second kappa shape index (κ2) is 4.25. The van der Waals surface area contributed by atoms with E-state index in [4.69, 9.17) is 0 Å². The Balaban J connectivity index is 2.16. The maximum absolute atomic E-state index is 12.2. The summed E-state index contributed by atoms with van der Waals surface area (Å²) in [4.78, 5) is 16.7. The van der Waals surface area contributed by atoms with E-state index < -0.39 is 5.60 Å². The van der Waals surface area contributed by atoms with Crippen molar-refractivity contribution < 1.29 is 9.90 Å². The van der Waals surface area contributed by atoms with Crippen molar-refractivity contribution in [3.63, 3.8) is 0 Å². The van der Waals surface area contributed by atoms with E-state index in [1.165, 1.54) is 11.3 Å². The highest BCUT2D eigenvalue weighted by molar-refractivity contribution is 7.18. The van der Waals surface area contributed by atoms with Gasteiger partial charge in [-0.15, -0.1) is 11.3 Å². The Morgan fingerprint density at radius 3 is 2.63 bits per heavy atom. The predicted molar refractivity (Wildman–Crippen MR) is 76.1 cm³/mol. The van der Waals surface area contributed by atoms with E-state index in [0.717, 1.165) is 21.4 Å². The van der Waals surface area contributed by atoms with Crippen LogP contribution < -0.4 is 0 Å². The van der Waals surface area contributed by atoms with Gasteiger partial charge in [-0.3, -0.25) is 4.79 Å². The van der Waals surface area contributed by atoms with Crippen LogP contribution in [0.3, 0.4) is 0 Å². The van der Waals surface area contributed by atoms with Gasteiger partial charge in [0, 0.05) is 5.57 Å². The molecule has 1 heterocycles. The SMILES string of the molecule is CCC1=C(CC)C(O)(c2nc3ccccc3s2)C1=O. The van der Waals surface area contributed by atoms with Crippen molar-refractivity contribution in [2.75, 3.05) is 0 Å². The largest absolute Gasteiger partial charge is 0.371 e. The quantitative estimate of drug-likeness (QED) is 0.934. The maximum atomic E-state index is 12.2. The highest BCUT2D eigenvalue weighted by Gasteiger charge is 2.53. The van der Waals surface area contributed by atoms with Crippen molar-refractivity contribution in [3.8, 4) is 0 Å². The van der Waals surface area contributed by atoms with Crippen molar-refractivity contribution >= 4 is 27.3 Å². The van der Waals surface area contributed by atoms with E-state index in [-0.39, 0.29) is 5.78 Å². The lowest BCUT2D eigenvalue weighted by Gasteiger charge is -2.38. The van der Waals surface area contributed by atoms with Crippen LogP contribution in [0.2, 0.25) is 0 Å². The monoisotopic (exact) mass is 273 g/mol. The number of hydrogen-bond donors (Lipinski definition) is 1. The number of thiazole rings is 1. The second-order valence-electron chi connectivity index (χ2n) is 4.69. The molecule has 0 saturated heterocycles. The molecule has 0 saturated carbocycles. The number of para-hydroxylation sites is 1. The van der Waals surface area contributed by atoms with E-state index in [9.17, 15) is 9.90 Å². The van der Waals surface area contributed by atoms with E-state index in [2.05, 4.69) is 4.98 Å². The summed E-state index contributed by atoms with van der Waals surface area (Å²) in [6.45, 7) is 3.91. The van der Waals surface area contributed by atoms with Crippen LogP contribution in [0, 0.1) is 0 Å². The lowest BCUT2D eigenvalue weighted by Crippen LogP contribution is -2.48. The Bertz CT molecular complexity index is 668.